The molecule has 0 bridgehead atoms. The maximum Gasteiger partial charge on any atom is 0.121 e. The lowest BCUT2D eigenvalue weighted by atomic mass is 10.1. The van der Waals surface area contributed by atoms with Crippen LogP contribution in [0.3, 0.4) is 0 Å². The number of imidazole rings is 1. The van der Waals surface area contributed by atoms with E-state index in [4.69, 9.17) is 4.74 Å². The number of nitrogens with one attached hydrogen (secondary N) is 1. The molecular weight excluding hydrogens is 188 g/mol. The van der Waals surface area contributed by atoms with Gasteiger partial charge in [-0.2, -0.15) is 0 Å². The Morgan fingerprint density at radius 2 is 2.20 bits per heavy atom. The van der Waals surface area contributed by atoms with Crippen LogP contribution in [-0.2, 0) is 6.42 Å². The minimum atomic E-state index is 0.618. The summed E-state index contributed by atoms with van der Waals surface area (Å²) in [7, 11) is 1.67. The molecule has 1 aromatic heterocycles. The summed E-state index contributed by atoms with van der Waals surface area (Å²) in [6.45, 7) is 4.38. The van der Waals surface area contributed by atoms with E-state index in [0.717, 1.165) is 29.0 Å². The lowest BCUT2D eigenvalue weighted by molar-refractivity contribution is 0.415. The molecule has 0 unspecified atom stereocenters. The average molecular weight is 204 g/mol. The van der Waals surface area contributed by atoms with Crippen molar-refractivity contribution in [2.45, 2.75) is 20.3 Å². The fraction of sp³-hybridized carbons (Fsp3) is 0.417. The minimum Gasteiger partial charge on any atom is -0.497 e. The number of hydrogen-bond acceptors (Lipinski definition) is 2. The Balaban J connectivity index is 2.37. The van der Waals surface area contributed by atoms with E-state index in [2.05, 4.69) is 23.8 Å². The minimum absolute atomic E-state index is 0.618. The number of ether oxygens (including phenoxy) is 1. The number of fused-ring (bicyclic) bond motifs is 1. The van der Waals surface area contributed by atoms with Crippen LogP contribution in [0.4, 0.5) is 0 Å². The molecule has 0 fully saturated rings. The molecule has 2 aromatic rings. The van der Waals surface area contributed by atoms with Crippen LogP contribution in [-0.4, -0.2) is 17.1 Å². The zero-order chi connectivity index (χ0) is 10.8. The van der Waals surface area contributed by atoms with Crippen LogP contribution in [0.2, 0.25) is 0 Å². The maximum absolute atomic E-state index is 5.16. The van der Waals surface area contributed by atoms with Crippen LogP contribution in [0.5, 0.6) is 5.75 Å². The van der Waals surface area contributed by atoms with Crippen molar-refractivity contribution in [2.24, 2.45) is 5.92 Å². The van der Waals surface area contributed by atoms with Gasteiger partial charge in [0.25, 0.3) is 0 Å². The van der Waals surface area contributed by atoms with Crippen LogP contribution in [0, 0.1) is 5.92 Å². The second-order valence-corrected chi connectivity index (χ2v) is 4.16. The van der Waals surface area contributed by atoms with Crippen LogP contribution in [0.15, 0.2) is 18.2 Å². The van der Waals surface area contributed by atoms with E-state index in [9.17, 15) is 0 Å². The number of benzene rings is 1. The summed E-state index contributed by atoms with van der Waals surface area (Å²) >= 11 is 0. The quantitative estimate of drug-likeness (QED) is 0.834. The molecule has 0 amide bonds. The van der Waals surface area contributed by atoms with Crippen LogP contribution in [0.1, 0.15) is 19.7 Å². The number of H-pyrrole nitrogens is 1. The zero-order valence-electron chi connectivity index (χ0n) is 9.37. The van der Waals surface area contributed by atoms with Gasteiger partial charge < -0.3 is 9.72 Å². The van der Waals surface area contributed by atoms with Gasteiger partial charge in [0, 0.05) is 12.5 Å². The SMILES string of the molecule is COc1ccc2nc(CC(C)C)[nH]c2c1. The van der Waals surface area contributed by atoms with Gasteiger partial charge in [-0.25, -0.2) is 4.98 Å². The molecule has 0 aliphatic heterocycles. The Morgan fingerprint density at radius 1 is 1.40 bits per heavy atom. The monoisotopic (exact) mass is 204 g/mol. The summed E-state index contributed by atoms with van der Waals surface area (Å²) in [5, 5.41) is 0. The van der Waals surface area contributed by atoms with Crippen molar-refractivity contribution in [2.75, 3.05) is 7.11 Å². The van der Waals surface area contributed by atoms with Crippen molar-refractivity contribution in [3.63, 3.8) is 0 Å². The molecule has 1 heterocycles. The van der Waals surface area contributed by atoms with E-state index in [-0.39, 0.29) is 0 Å². The van der Waals surface area contributed by atoms with Gasteiger partial charge in [0.05, 0.1) is 18.1 Å². The Hall–Kier alpha value is -1.51. The summed E-state index contributed by atoms with van der Waals surface area (Å²) in [5.74, 6) is 2.53. The Bertz CT molecular complexity index is 460. The van der Waals surface area contributed by atoms with Gasteiger partial charge in [0.15, 0.2) is 0 Å². The van der Waals surface area contributed by atoms with Gasteiger partial charge in [-0.3, -0.25) is 0 Å². The molecular formula is C12H16N2O. The molecule has 1 aromatic carbocycles. The molecule has 0 aliphatic rings. The summed E-state index contributed by atoms with van der Waals surface area (Å²) in [4.78, 5) is 7.83. The van der Waals surface area contributed by atoms with E-state index < -0.39 is 0 Å². The van der Waals surface area contributed by atoms with E-state index in [1.807, 2.05) is 18.2 Å². The van der Waals surface area contributed by atoms with Gasteiger partial charge in [-0.1, -0.05) is 13.8 Å². The number of nitrogens with zero attached hydrogens (tertiary/aromatic N) is 1. The van der Waals surface area contributed by atoms with Crippen molar-refractivity contribution in [1.29, 1.82) is 0 Å². The highest BCUT2D eigenvalue weighted by atomic mass is 16.5. The smallest absolute Gasteiger partial charge is 0.121 e. The fourth-order valence-corrected chi connectivity index (χ4v) is 1.65. The number of hydrogen-bond donors (Lipinski definition) is 1. The zero-order valence-corrected chi connectivity index (χ0v) is 9.37. The molecule has 0 saturated heterocycles. The van der Waals surface area contributed by atoms with Gasteiger partial charge >= 0.3 is 0 Å². The predicted molar refractivity (Wildman–Crippen MR) is 61.2 cm³/mol. The third-order valence-electron chi connectivity index (χ3n) is 2.34. The van der Waals surface area contributed by atoms with Gasteiger partial charge in [-0.05, 0) is 18.1 Å². The van der Waals surface area contributed by atoms with E-state index in [0.29, 0.717) is 5.92 Å². The normalized spacial score (nSPS) is 11.2. The van der Waals surface area contributed by atoms with Crippen molar-refractivity contribution in [3.05, 3.63) is 24.0 Å². The first-order chi connectivity index (χ1) is 7.19. The Kier molecular flexibility index (Phi) is 2.62. The van der Waals surface area contributed by atoms with E-state index in [1.165, 1.54) is 0 Å². The molecule has 3 nitrogen and oxygen atoms in total. The van der Waals surface area contributed by atoms with Gasteiger partial charge in [0.1, 0.15) is 11.6 Å². The third kappa shape index (κ3) is 2.12. The molecule has 0 saturated carbocycles. The summed E-state index contributed by atoms with van der Waals surface area (Å²) in [6, 6.07) is 5.89. The fourth-order valence-electron chi connectivity index (χ4n) is 1.65. The lowest BCUT2D eigenvalue weighted by Gasteiger charge is -1.98. The summed E-state index contributed by atoms with van der Waals surface area (Å²) < 4.78 is 5.16. The molecule has 2 rings (SSSR count). The Morgan fingerprint density at radius 3 is 2.87 bits per heavy atom. The first-order valence-electron chi connectivity index (χ1n) is 5.21. The largest absolute Gasteiger partial charge is 0.497 e. The second kappa shape index (κ2) is 3.93. The maximum atomic E-state index is 5.16. The summed E-state index contributed by atoms with van der Waals surface area (Å²) in [6.07, 6.45) is 0.983. The molecule has 1 N–H and O–H groups in total. The number of rotatable bonds is 3. The standard InChI is InChI=1S/C12H16N2O/c1-8(2)6-12-13-10-5-4-9(15-3)7-11(10)14-12/h4-5,7-8H,6H2,1-3H3,(H,13,14). The van der Waals surface area contributed by atoms with Crippen LogP contribution in [0.25, 0.3) is 11.0 Å². The van der Waals surface area contributed by atoms with Crippen molar-refractivity contribution < 1.29 is 4.74 Å². The Labute approximate surface area is 89.5 Å². The molecule has 0 spiro atoms. The van der Waals surface area contributed by atoms with Gasteiger partial charge in [0.2, 0.25) is 0 Å². The van der Waals surface area contributed by atoms with Crippen molar-refractivity contribution in [1.82, 2.24) is 9.97 Å². The number of aromatic amines is 1. The lowest BCUT2D eigenvalue weighted by Crippen LogP contribution is -1.95. The predicted octanol–water partition coefficient (Wildman–Crippen LogP) is 2.77. The van der Waals surface area contributed by atoms with Crippen LogP contribution < -0.4 is 4.74 Å². The first-order valence-corrected chi connectivity index (χ1v) is 5.21. The topological polar surface area (TPSA) is 37.9 Å². The summed E-state index contributed by atoms with van der Waals surface area (Å²) in [5.41, 5.74) is 2.05. The third-order valence-corrected chi connectivity index (χ3v) is 2.34. The highest BCUT2D eigenvalue weighted by Gasteiger charge is 2.05. The first kappa shape index (κ1) is 10.0. The molecule has 3 heteroatoms. The van der Waals surface area contributed by atoms with Crippen molar-refractivity contribution in [3.8, 4) is 5.75 Å². The second-order valence-electron chi connectivity index (χ2n) is 4.16. The van der Waals surface area contributed by atoms with E-state index in [1.54, 1.807) is 7.11 Å². The molecule has 80 valence electrons. The number of aromatic nitrogens is 2. The average Bonchev–Trinajstić information content (AvgIpc) is 2.57. The van der Waals surface area contributed by atoms with Crippen molar-refractivity contribution >= 4 is 11.0 Å². The highest BCUT2D eigenvalue weighted by Crippen LogP contribution is 2.19. The van der Waals surface area contributed by atoms with E-state index >= 15 is 0 Å². The molecule has 15 heavy (non-hydrogen) atoms. The molecule has 0 radical (unpaired) electrons. The number of methoxy groups -OCH3 is 1. The molecule has 0 aliphatic carbocycles. The molecule has 0 atom stereocenters. The highest BCUT2D eigenvalue weighted by molar-refractivity contribution is 5.76. The van der Waals surface area contributed by atoms with Crippen LogP contribution >= 0.6 is 0 Å². The van der Waals surface area contributed by atoms with Gasteiger partial charge in [-0.15, -0.1) is 0 Å².